The van der Waals surface area contributed by atoms with E-state index in [1.807, 2.05) is 20.2 Å². The van der Waals surface area contributed by atoms with E-state index in [2.05, 4.69) is 25.5 Å². The van der Waals surface area contributed by atoms with Gasteiger partial charge in [0, 0.05) is 11.1 Å². The number of nitrogens with zero attached hydrogens (tertiary/aromatic N) is 4. The summed E-state index contributed by atoms with van der Waals surface area (Å²) in [5.74, 6) is -1.21. The number of aromatic amines is 4. The SMILES string of the molecule is CCOC(=O)NC(=O)/C(C#N)=N\Nc1c(-c2n[nH]c(=O)[nH]c2=O)cccc1-c1n[nH]c(=O)[nH]c1=O. The lowest BCUT2D eigenvalue weighted by Gasteiger charge is -2.12. The van der Waals surface area contributed by atoms with Gasteiger partial charge in [-0.3, -0.25) is 35.1 Å². The molecule has 0 spiro atoms. The van der Waals surface area contributed by atoms with Crippen LogP contribution in [0.15, 0.2) is 42.5 Å². The molecule has 0 unspecified atom stereocenters. The summed E-state index contributed by atoms with van der Waals surface area (Å²) in [6.45, 7) is 1.47. The number of anilines is 1. The van der Waals surface area contributed by atoms with Crippen molar-refractivity contribution >= 4 is 23.4 Å². The minimum absolute atomic E-state index is 0.0332. The van der Waals surface area contributed by atoms with E-state index < -0.39 is 40.2 Å². The molecule has 3 aromatic rings. The van der Waals surface area contributed by atoms with Crippen LogP contribution in [0.3, 0.4) is 0 Å². The Morgan fingerprint density at radius 2 is 1.57 bits per heavy atom. The third-order valence-corrected chi connectivity index (χ3v) is 4.09. The largest absolute Gasteiger partial charge is 0.450 e. The van der Waals surface area contributed by atoms with Gasteiger partial charge in [0.15, 0.2) is 11.4 Å². The molecule has 0 bridgehead atoms. The number of benzene rings is 1. The second-order valence-electron chi connectivity index (χ2n) is 6.30. The Bertz CT molecular complexity index is 1520. The van der Waals surface area contributed by atoms with E-state index in [0.29, 0.717) is 0 Å². The summed E-state index contributed by atoms with van der Waals surface area (Å²) < 4.78 is 4.56. The van der Waals surface area contributed by atoms with Crippen molar-refractivity contribution < 1.29 is 14.3 Å². The average Bonchev–Trinajstić information content (AvgIpc) is 2.80. The van der Waals surface area contributed by atoms with Crippen LogP contribution in [-0.4, -0.2) is 54.7 Å². The molecule has 1 aromatic carbocycles. The third kappa shape index (κ3) is 5.40. The Kier molecular flexibility index (Phi) is 7.06. The van der Waals surface area contributed by atoms with E-state index >= 15 is 0 Å². The number of hydrazone groups is 1. The Hall–Kier alpha value is -5.66. The number of ether oxygens (including phenoxy) is 1. The Morgan fingerprint density at radius 3 is 2.03 bits per heavy atom. The molecule has 178 valence electrons. The number of alkyl carbamates (subject to hydrolysis) is 1. The molecule has 0 radical (unpaired) electrons. The summed E-state index contributed by atoms with van der Waals surface area (Å²) >= 11 is 0. The van der Waals surface area contributed by atoms with Gasteiger partial charge in [-0.15, -0.1) is 0 Å². The van der Waals surface area contributed by atoms with Crippen LogP contribution in [0.4, 0.5) is 10.5 Å². The number of hydrogen-bond acceptors (Lipinski definition) is 12. The van der Waals surface area contributed by atoms with Gasteiger partial charge in [-0.1, -0.05) is 18.2 Å². The highest BCUT2D eigenvalue weighted by atomic mass is 16.5. The highest BCUT2D eigenvalue weighted by Gasteiger charge is 2.20. The van der Waals surface area contributed by atoms with Gasteiger partial charge in [0.25, 0.3) is 17.0 Å². The third-order valence-electron chi connectivity index (χ3n) is 4.09. The Morgan fingerprint density at radius 1 is 1.03 bits per heavy atom. The molecule has 0 aliphatic heterocycles. The number of nitrogens with one attached hydrogen (secondary N) is 6. The number of nitriles is 1. The minimum Gasteiger partial charge on any atom is -0.450 e. The fourth-order valence-corrected chi connectivity index (χ4v) is 2.69. The van der Waals surface area contributed by atoms with Crippen LogP contribution in [0.2, 0.25) is 0 Å². The second-order valence-corrected chi connectivity index (χ2v) is 6.30. The molecule has 0 atom stereocenters. The van der Waals surface area contributed by atoms with Gasteiger partial charge in [-0.05, 0) is 6.92 Å². The van der Waals surface area contributed by atoms with Crippen molar-refractivity contribution in [1.82, 2.24) is 35.7 Å². The molecule has 0 fully saturated rings. The monoisotopic (exact) mass is 482 g/mol. The van der Waals surface area contributed by atoms with Crippen LogP contribution >= 0.6 is 0 Å². The second kappa shape index (κ2) is 10.3. The van der Waals surface area contributed by atoms with Crippen LogP contribution in [0.5, 0.6) is 0 Å². The normalized spacial score (nSPS) is 10.8. The summed E-state index contributed by atoms with van der Waals surface area (Å²) in [5, 5.41) is 26.2. The standard InChI is InChI=1S/C18H14N10O7/c1-2-35-18(34)22-13(29)9(6-19)23-24-10-7(11-14(30)20-16(32)27-25-11)4-3-5-8(10)12-15(31)21-17(33)28-26-12/h3-5,24H,2H2,1H3,(H,22,29,34)(H2,20,27,30,32)(H2,21,28,31,33)/b23-9-. The van der Waals surface area contributed by atoms with Gasteiger partial charge in [0.2, 0.25) is 5.71 Å². The molecule has 3 rings (SSSR count). The fraction of sp³-hybridized carbons (Fsp3) is 0.111. The first kappa shape index (κ1) is 24.0. The molecule has 2 heterocycles. The number of carbonyl (C=O) groups is 2. The molecule has 0 saturated heterocycles. The molecular weight excluding hydrogens is 468 g/mol. The van der Waals surface area contributed by atoms with Crippen LogP contribution < -0.4 is 33.2 Å². The molecular formula is C18H14N10O7. The lowest BCUT2D eigenvalue weighted by atomic mass is 10.0. The molecule has 0 aliphatic rings. The predicted molar refractivity (Wildman–Crippen MR) is 117 cm³/mol. The number of hydrogen-bond donors (Lipinski definition) is 6. The number of para-hydroxylation sites is 1. The highest BCUT2D eigenvalue weighted by molar-refractivity contribution is 6.46. The molecule has 6 N–H and O–H groups in total. The highest BCUT2D eigenvalue weighted by Crippen LogP contribution is 2.32. The van der Waals surface area contributed by atoms with Crippen LogP contribution in [0.1, 0.15) is 6.92 Å². The molecule has 0 saturated carbocycles. The summed E-state index contributed by atoms with van der Waals surface area (Å²) in [4.78, 5) is 75.0. The van der Waals surface area contributed by atoms with Crippen molar-refractivity contribution in [3.63, 3.8) is 0 Å². The maximum atomic E-state index is 12.3. The Labute approximate surface area is 191 Å². The average molecular weight is 482 g/mol. The summed E-state index contributed by atoms with van der Waals surface area (Å²) in [6, 6.07) is 5.58. The lowest BCUT2D eigenvalue weighted by Crippen LogP contribution is -2.36. The Balaban J connectivity index is 2.18. The molecule has 2 aromatic heterocycles. The number of H-pyrrole nitrogens is 4. The zero-order valence-electron chi connectivity index (χ0n) is 17.6. The maximum absolute atomic E-state index is 12.3. The minimum atomic E-state index is -1.21. The van der Waals surface area contributed by atoms with E-state index in [0.717, 1.165) is 0 Å². The fourth-order valence-electron chi connectivity index (χ4n) is 2.69. The summed E-state index contributed by atoms with van der Waals surface area (Å²) in [5.41, 5.74) is -2.97. The van der Waals surface area contributed by atoms with E-state index in [9.17, 15) is 34.0 Å². The summed E-state index contributed by atoms with van der Waals surface area (Å²) in [6.07, 6.45) is -1.12. The van der Waals surface area contributed by atoms with Crippen molar-refractivity contribution in [3.05, 3.63) is 59.9 Å². The van der Waals surface area contributed by atoms with Gasteiger partial charge in [-0.25, -0.2) is 24.6 Å². The number of imide groups is 1. The zero-order chi connectivity index (χ0) is 25.5. The van der Waals surface area contributed by atoms with Crippen LogP contribution in [0.25, 0.3) is 22.5 Å². The van der Waals surface area contributed by atoms with Crippen LogP contribution in [-0.2, 0) is 9.53 Å². The maximum Gasteiger partial charge on any atom is 0.414 e. The lowest BCUT2D eigenvalue weighted by molar-refractivity contribution is -0.114. The van der Waals surface area contributed by atoms with E-state index in [1.54, 1.807) is 5.32 Å². The van der Waals surface area contributed by atoms with Crippen molar-refractivity contribution in [2.75, 3.05) is 12.0 Å². The predicted octanol–water partition coefficient (Wildman–Crippen LogP) is -1.87. The van der Waals surface area contributed by atoms with E-state index in [4.69, 9.17) is 0 Å². The molecule has 17 nitrogen and oxygen atoms in total. The van der Waals surface area contributed by atoms with Gasteiger partial charge in [0.1, 0.15) is 6.07 Å². The first-order valence-corrected chi connectivity index (χ1v) is 9.48. The van der Waals surface area contributed by atoms with Gasteiger partial charge < -0.3 is 4.74 Å². The topological polar surface area (TPSA) is 261 Å². The van der Waals surface area contributed by atoms with E-state index in [-0.39, 0.29) is 34.8 Å². The first-order valence-electron chi connectivity index (χ1n) is 9.48. The molecule has 35 heavy (non-hydrogen) atoms. The number of amides is 2. The van der Waals surface area contributed by atoms with Gasteiger partial charge in [-0.2, -0.15) is 20.6 Å². The first-order chi connectivity index (χ1) is 16.7. The summed E-state index contributed by atoms with van der Waals surface area (Å²) in [7, 11) is 0. The molecule has 2 amide bonds. The molecule has 17 heteroatoms. The van der Waals surface area contributed by atoms with Crippen molar-refractivity contribution in [3.8, 4) is 28.6 Å². The van der Waals surface area contributed by atoms with Crippen molar-refractivity contribution in [1.29, 1.82) is 5.26 Å². The molecule has 0 aliphatic carbocycles. The quantitative estimate of drug-likeness (QED) is 0.167. The number of carbonyl (C=O) groups excluding carboxylic acids is 2. The van der Waals surface area contributed by atoms with Gasteiger partial charge >= 0.3 is 17.5 Å². The zero-order valence-corrected chi connectivity index (χ0v) is 17.6. The number of rotatable bonds is 6. The van der Waals surface area contributed by atoms with Crippen molar-refractivity contribution in [2.24, 2.45) is 5.10 Å². The smallest absolute Gasteiger partial charge is 0.414 e. The van der Waals surface area contributed by atoms with Gasteiger partial charge in [0.05, 0.1) is 12.3 Å². The number of aromatic nitrogens is 6. The van der Waals surface area contributed by atoms with E-state index in [1.165, 1.54) is 31.2 Å². The van der Waals surface area contributed by atoms with Crippen molar-refractivity contribution in [2.45, 2.75) is 6.92 Å². The van der Waals surface area contributed by atoms with Crippen LogP contribution in [0, 0.1) is 11.3 Å².